The Morgan fingerprint density at radius 3 is 2.25 bits per heavy atom. The highest BCUT2D eigenvalue weighted by Crippen LogP contribution is 2.25. The molecule has 0 radical (unpaired) electrons. The monoisotopic (exact) mass is 183 g/mol. The van der Waals surface area contributed by atoms with E-state index in [1.165, 1.54) is 0 Å². The number of halogens is 1. The number of β-amino-alcohol motifs (C(OH)–C–C–N with tert-alkyl or cyclic N) is 1. The fourth-order valence-electron chi connectivity index (χ4n) is 1.33. The van der Waals surface area contributed by atoms with Crippen molar-refractivity contribution >= 4 is 11.6 Å². The number of aliphatic hydroxyl groups is 1. The normalized spacial score (nSPS) is 20.2. The first-order valence-electron chi connectivity index (χ1n) is 3.90. The van der Waals surface area contributed by atoms with Crippen LogP contribution in [0, 0.1) is 0 Å². The summed E-state index contributed by atoms with van der Waals surface area (Å²) < 4.78 is 0. The predicted octanol–water partition coefficient (Wildman–Crippen LogP) is 1.13. The number of nitrogens with one attached hydrogen (secondary N) is 1. The third-order valence-corrected chi connectivity index (χ3v) is 2.47. The third-order valence-electron chi connectivity index (χ3n) is 2.22. The Kier molecular flexibility index (Phi) is 1.83. The van der Waals surface area contributed by atoms with Crippen LogP contribution in [0.2, 0.25) is 5.02 Å². The average Bonchev–Trinajstić information content (AvgIpc) is 2.02. The van der Waals surface area contributed by atoms with Gasteiger partial charge in [0.05, 0.1) is 0 Å². The molecule has 0 saturated carbocycles. The van der Waals surface area contributed by atoms with Gasteiger partial charge in [0.2, 0.25) is 0 Å². The van der Waals surface area contributed by atoms with Crippen LogP contribution in [-0.4, -0.2) is 18.2 Å². The van der Waals surface area contributed by atoms with E-state index in [9.17, 15) is 5.11 Å². The van der Waals surface area contributed by atoms with Gasteiger partial charge >= 0.3 is 0 Å². The SMILES string of the molecule is OC1(c2ccc(Cl)cc2)CNC1. The van der Waals surface area contributed by atoms with Crippen molar-refractivity contribution in [2.45, 2.75) is 5.60 Å². The van der Waals surface area contributed by atoms with Crippen LogP contribution in [0.3, 0.4) is 0 Å². The number of hydrogen-bond acceptors (Lipinski definition) is 2. The second-order valence-electron chi connectivity index (χ2n) is 3.14. The van der Waals surface area contributed by atoms with E-state index < -0.39 is 5.60 Å². The molecule has 0 aliphatic carbocycles. The summed E-state index contributed by atoms with van der Waals surface area (Å²) in [7, 11) is 0. The highest BCUT2D eigenvalue weighted by atomic mass is 35.5. The summed E-state index contributed by atoms with van der Waals surface area (Å²) in [5, 5.41) is 13.6. The molecule has 1 heterocycles. The Labute approximate surface area is 76.2 Å². The van der Waals surface area contributed by atoms with Gasteiger partial charge in [-0.25, -0.2) is 0 Å². The molecule has 3 heteroatoms. The Hall–Kier alpha value is -0.570. The third kappa shape index (κ3) is 1.22. The minimum Gasteiger partial charge on any atom is -0.382 e. The Morgan fingerprint density at radius 2 is 1.83 bits per heavy atom. The second kappa shape index (κ2) is 2.73. The van der Waals surface area contributed by atoms with Gasteiger partial charge in [-0.2, -0.15) is 0 Å². The molecule has 2 N–H and O–H groups in total. The first-order chi connectivity index (χ1) is 5.71. The lowest BCUT2D eigenvalue weighted by atomic mass is 9.88. The van der Waals surface area contributed by atoms with E-state index in [0.717, 1.165) is 5.56 Å². The van der Waals surface area contributed by atoms with E-state index in [1.54, 1.807) is 12.1 Å². The molecule has 12 heavy (non-hydrogen) atoms. The lowest BCUT2D eigenvalue weighted by Crippen LogP contribution is -2.56. The van der Waals surface area contributed by atoms with Crippen LogP contribution in [0.15, 0.2) is 24.3 Å². The van der Waals surface area contributed by atoms with Gasteiger partial charge in [0.1, 0.15) is 5.60 Å². The Balaban J connectivity index is 2.28. The maximum Gasteiger partial charge on any atom is 0.114 e. The van der Waals surface area contributed by atoms with Gasteiger partial charge in [0.15, 0.2) is 0 Å². The summed E-state index contributed by atoms with van der Waals surface area (Å²) in [4.78, 5) is 0. The number of hydrogen-bond donors (Lipinski definition) is 2. The van der Waals surface area contributed by atoms with Crippen molar-refractivity contribution in [3.05, 3.63) is 34.9 Å². The Bertz CT molecular complexity index is 279. The molecule has 2 rings (SSSR count). The summed E-state index contributed by atoms with van der Waals surface area (Å²) in [5.74, 6) is 0. The van der Waals surface area contributed by atoms with Crippen molar-refractivity contribution in [3.8, 4) is 0 Å². The van der Waals surface area contributed by atoms with Crippen molar-refractivity contribution in [3.63, 3.8) is 0 Å². The summed E-state index contributed by atoms with van der Waals surface area (Å²) in [6.07, 6.45) is 0. The molecule has 0 amide bonds. The molecule has 0 aromatic heterocycles. The maximum atomic E-state index is 9.87. The van der Waals surface area contributed by atoms with Gasteiger partial charge in [0, 0.05) is 18.1 Å². The minimum absolute atomic E-state index is 0.634. The molecule has 1 aliphatic heterocycles. The van der Waals surface area contributed by atoms with E-state index in [2.05, 4.69) is 5.32 Å². The second-order valence-corrected chi connectivity index (χ2v) is 3.58. The lowest BCUT2D eigenvalue weighted by Gasteiger charge is -2.38. The Morgan fingerprint density at radius 1 is 1.25 bits per heavy atom. The van der Waals surface area contributed by atoms with Crippen LogP contribution in [0.5, 0.6) is 0 Å². The van der Waals surface area contributed by atoms with Crippen molar-refractivity contribution in [1.29, 1.82) is 0 Å². The summed E-state index contributed by atoms with van der Waals surface area (Å²) >= 11 is 5.73. The average molecular weight is 184 g/mol. The summed E-state index contributed by atoms with van der Waals surface area (Å²) in [5.41, 5.74) is 0.274. The first-order valence-corrected chi connectivity index (χ1v) is 4.28. The molecule has 0 spiro atoms. The summed E-state index contributed by atoms with van der Waals surface area (Å²) in [6.45, 7) is 1.27. The molecule has 1 saturated heterocycles. The highest BCUT2D eigenvalue weighted by molar-refractivity contribution is 6.30. The fourth-order valence-corrected chi connectivity index (χ4v) is 1.45. The molecule has 1 aromatic carbocycles. The summed E-state index contributed by atoms with van der Waals surface area (Å²) in [6, 6.07) is 7.33. The van der Waals surface area contributed by atoms with E-state index >= 15 is 0 Å². The number of rotatable bonds is 1. The van der Waals surface area contributed by atoms with E-state index in [4.69, 9.17) is 11.6 Å². The van der Waals surface area contributed by atoms with Crippen LogP contribution >= 0.6 is 11.6 Å². The molecular weight excluding hydrogens is 174 g/mol. The quantitative estimate of drug-likeness (QED) is 0.684. The van der Waals surface area contributed by atoms with Crippen LogP contribution in [0.4, 0.5) is 0 Å². The lowest BCUT2D eigenvalue weighted by molar-refractivity contribution is -0.0146. The van der Waals surface area contributed by atoms with E-state index in [0.29, 0.717) is 18.1 Å². The molecular formula is C9H10ClNO. The van der Waals surface area contributed by atoms with Crippen molar-refractivity contribution < 1.29 is 5.11 Å². The topological polar surface area (TPSA) is 32.3 Å². The fraction of sp³-hybridized carbons (Fsp3) is 0.333. The van der Waals surface area contributed by atoms with Gasteiger partial charge < -0.3 is 10.4 Å². The maximum absolute atomic E-state index is 9.87. The molecule has 2 nitrogen and oxygen atoms in total. The van der Waals surface area contributed by atoms with Crippen molar-refractivity contribution in [2.24, 2.45) is 0 Å². The van der Waals surface area contributed by atoms with Crippen LogP contribution in [0.1, 0.15) is 5.56 Å². The largest absolute Gasteiger partial charge is 0.382 e. The van der Waals surface area contributed by atoms with Crippen LogP contribution in [0.25, 0.3) is 0 Å². The molecule has 0 bridgehead atoms. The minimum atomic E-state index is -0.662. The highest BCUT2D eigenvalue weighted by Gasteiger charge is 2.35. The van der Waals surface area contributed by atoms with Crippen molar-refractivity contribution in [1.82, 2.24) is 5.32 Å². The van der Waals surface area contributed by atoms with Crippen LogP contribution in [-0.2, 0) is 5.60 Å². The van der Waals surface area contributed by atoms with Gasteiger partial charge in [0.25, 0.3) is 0 Å². The number of benzene rings is 1. The first kappa shape index (κ1) is 8.05. The van der Waals surface area contributed by atoms with E-state index in [1.807, 2.05) is 12.1 Å². The molecule has 0 atom stereocenters. The standard InChI is InChI=1S/C9H10ClNO/c10-8-3-1-7(2-4-8)9(12)5-11-6-9/h1-4,11-12H,5-6H2. The van der Waals surface area contributed by atoms with E-state index in [-0.39, 0.29) is 0 Å². The zero-order valence-electron chi connectivity index (χ0n) is 6.55. The molecule has 64 valence electrons. The zero-order valence-corrected chi connectivity index (χ0v) is 7.30. The molecule has 0 unspecified atom stereocenters. The molecule has 1 aromatic rings. The van der Waals surface area contributed by atoms with Gasteiger partial charge in [-0.3, -0.25) is 0 Å². The van der Waals surface area contributed by atoms with Gasteiger partial charge in [-0.05, 0) is 17.7 Å². The van der Waals surface area contributed by atoms with Gasteiger partial charge in [-0.1, -0.05) is 23.7 Å². The van der Waals surface area contributed by atoms with Crippen molar-refractivity contribution in [2.75, 3.05) is 13.1 Å². The zero-order chi connectivity index (χ0) is 8.60. The molecule has 1 fully saturated rings. The predicted molar refractivity (Wildman–Crippen MR) is 48.2 cm³/mol. The smallest absolute Gasteiger partial charge is 0.114 e. The van der Waals surface area contributed by atoms with Crippen LogP contribution < -0.4 is 5.32 Å². The van der Waals surface area contributed by atoms with Gasteiger partial charge in [-0.15, -0.1) is 0 Å². The molecule has 1 aliphatic rings.